The molecule has 428 valence electrons. The van der Waals surface area contributed by atoms with Gasteiger partial charge < -0.3 is 10.6 Å². The Morgan fingerprint density at radius 2 is 0.462 bits per heavy atom. The number of benzene rings is 6. The number of unbranched alkanes of at least 4 members (excludes halogenated alkanes) is 14. The van der Waals surface area contributed by atoms with Crippen LogP contribution in [0.15, 0.2) is 182 Å². The molecule has 0 bridgehead atoms. The fourth-order valence-corrected chi connectivity index (χ4v) is 29.6. The van der Waals surface area contributed by atoms with Crippen LogP contribution in [0.1, 0.15) is 170 Å². The molecule has 0 aliphatic heterocycles. The van der Waals surface area contributed by atoms with Crippen molar-refractivity contribution < 1.29 is 4.48 Å². The van der Waals surface area contributed by atoms with Crippen LogP contribution in [0.2, 0.25) is 36.8 Å². The van der Waals surface area contributed by atoms with Crippen molar-refractivity contribution in [1.82, 2.24) is 6.15 Å². The SMILES string of the molecule is CCCCCCCC[B-](c1ccccc1)(c1ccccc1)[Si](CCCC)(CCCC)c1ccccc1.CCCCCCCC[B-](c1ccccc1)(c1ccccc1)[Si](CCCC)(CCCC)c1ccccc1.C[N+](C)(C)C.[NH4+]. The molecule has 0 saturated heterocycles. The number of rotatable bonds is 34. The van der Waals surface area contributed by atoms with E-state index in [2.05, 4.69) is 252 Å². The standard InChI is InChI=1S/2C34H50BSi.C4H12N.H3N/c2*1-4-7-10-11-12-22-29-35(32-23-16-13-17-24-32,33-25-18-14-19-26-33)36(30-8-5-2,31-9-6-3)34-27-20-15-21-28-34;1-5(2,3)4;/h2*13-21,23-28H,4-12,22,29-31H2,1-3H3;1-4H3;1H3/q2*-1;+1;/p+1. The smallest absolute Gasteiger partial charge is 0.0675 e. The second-order valence-electron chi connectivity index (χ2n) is 25.0. The van der Waals surface area contributed by atoms with E-state index in [1.165, 1.54) is 165 Å². The molecule has 0 atom stereocenters. The fraction of sp³-hybridized carbons (Fsp3) is 0.500. The Morgan fingerprint density at radius 3 is 0.679 bits per heavy atom. The van der Waals surface area contributed by atoms with Crippen LogP contribution >= 0.6 is 0 Å². The van der Waals surface area contributed by atoms with E-state index in [0.29, 0.717) is 0 Å². The van der Waals surface area contributed by atoms with Crippen molar-refractivity contribution in [3.63, 3.8) is 0 Å². The highest BCUT2D eigenvalue weighted by atomic mass is 28.3. The molecule has 2 nitrogen and oxygen atoms in total. The Balaban J connectivity index is 0.000000373. The first kappa shape index (κ1) is 68.1. The Labute approximate surface area is 484 Å². The Bertz CT molecular complexity index is 2080. The molecule has 6 aromatic carbocycles. The summed E-state index contributed by atoms with van der Waals surface area (Å²) in [7, 11) is 4.52. The molecule has 0 aliphatic carbocycles. The first-order valence-corrected chi connectivity index (χ1v) is 36.9. The van der Waals surface area contributed by atoms with Gasteiger partial charge in [0.15, 0.2) is 0 Å². The third-order valence-electron chi connectivity index (χ3n) is 17.9. The number of quaternary nitrogens is 2. The molecular weight excluding hydrogens is 971 g/mol. The normalized spacial score (nSPS) is 11.9. The minimum absolute atomic E-state index is 0. The van der Waals surface area contributed by atoms with E-state index in [9.17, 15) is 0 Å². The van der Waals surface area contributed by atoms with E-state index in [0.717, 1.165) is 4.48 Å². The monoisotopic (exact) mass is 1090 g/mol. The lowest BCUT2D eigenvalue weighted by molar-refractivity contribution is -0.849. The zero-order valence-corrected chi connectivity index (χ0v) is 54.3. The van der Waals surface area contributed by atoms with E-state index in [1.807, 2.05) is 0 Å². The van der Waals surface area contributed by atoms with Crippen molar-refractivity contribution >= 4 is 59.6 Å². The zero-order chi connectivity index (χ0) is 55.6. The Hall–Kier alpha value is -4.20. The van der Waals surface area contributed by atoms with Gasteiger partial charge in [0.2, 0.25) is 0 Å². The Kier molecular flexibility index (Phi) is 32.9. The van der Waals surface area contributed by atoms with Crippen LogP contribution < -0.4 is 38.4 Å². The van der Waals surface area contributed by atoms with E-state index in [1.54, 1.807) is 32.2 Å². The van der Waals surface area contributed by atoms with Crippen LogP contribution in [-0.4, -0.2) is 60.0 Å². The van der Waals surface area contributed by atoms with Crippen molar-refractivity contribution in [3.8, 4) is 0 Å². The molecule has 0 aliphatic rings. The Morgan fingerprint density at radius 1 is 0.269 bits per heavy atom. The average Bonchev–Trinajstić information content (AvgIpc) is 3.67. The van der Waals surface area contributed by atoms with Crippen molar-refractivity contribution in [2.24, 2.45) is 0 Å². The number of hydrogen-bond donors (Lipinski definition) is 1. The highest BCUT2D eigenvalue weighted by molar-refractivity contribution is 7.56. The van der Waals surface area contributed by atoms with Crippen LogP contribution in [0.4, 0.5) is 0 Å². The first-order chi connectivity index (χ1) is 37.5. The maximum Gasteiger partial charge on any atom is 0.0675 e. The summed E-state index contributed by atoms with van der Waals surface area (Å²) in [6, 6.07) is 76.6. The summed E-state index contributed by atoms with van der Waals surface area (Å²) in [6.07, 6.45) is 29.5. The van der Waals surface area contributed by atoms with Crippen molar-refractivity contribution in [1.29, 1.82) is 0 Å². The molecule has 0 aromatic heterocycles. The number of hydrogen-bond acceptors (Lipinski definition) is 0. The molecule has 4 N–H and O–H groups in total. The van der Waals surface area contributed by atoms with Gasteiger partial charge in [-0.2, -0.15) is 12.6 Å². The van der Waals surface area contributed by atoms with E-state index >= 15 is 0 Å². The second-order valence-corrected chi connectivity index (χ2v) is 34.7. The minimum Gasteiger partial charge on any atom is -0.369 e. The van der Waals surface area contributed by atoms with Gasteiger partial charge in [-0.3, -0.25) is 0 Å². The molecule has 6 rings (SSSR count). The third-order valence-corrected chi connectivity index (χ3v) is 31.6. The summed E-state index contributed by atoms with van der Waals surface area (Å²) in [4.78, 5) is 0. The van der Waals surface area contributed by atoms with Gasteiger partial charge in [0, 0.05) is 0 Å². The van der Waals surface area contributed by atoms with Crippen LogP contribution in [0, 0.1) is 0 Å². The quantitative estimate of drug-likeness (QED) is 0.0238. The lowest BCUT2D eigenvalue weighted by atomic mass is 9.35. The average molecular weight is 1090 g/mol. The third kappa shape index (κ3) is 19.5. The lowest BCUT2D eigenvalue weighted by Gasteiger charge is -2.58. The highest BCUT2D eigenvalue weighted by Gasteiger charge is 2.49. The molecule has 6 aromatic rings. The van der Waals surface area contributed by atoms with Gasteiger partial charge >= 0.3 is 0 Å². The second kappa shape index (κ2) is 37.7. The number of nitrogens with zero attached hydrogens (tertiary/aromatic N) is 1. The predicted molar refractivity (Wildman–Crippen MR) is 365 cm³/mol. The summed E-state index contributed by atoms with van der Waals surface area (Å²) in [5, 5.41) is 3.40. The van der Waals surface area contributed by atoms with E-state index in [4.69, 9.17) is 0 Å². The molecule has 6 heteroatoms. The summed E-state index contributed by atoms with van der Waals surface area (Å²) in [6.45, 7) is 14.2. The van der Waals surface area contributed by atoms with Crippen LogP contribution in [0.3, 0.4) is 0 Å². The molecule has 0 radical (unpaired) electrons. The summed E-state index contributed by atoms with van der Waals surface area (Å²) < 4.78 is 1.00. The highest BCUT2D eigenvalue weighted by Crippen LogP contribution is 2.38. The zero-order valence-electron chi connectivity index (χ0n) is 52.3. The van der Waals surface area contributed by atoms with E-state index in [-0.39, 0.29) is 6.15 Å². The fourth-order valence-electron chi connectivity index (χ4n) is 14.4. The van der Waals surface area contributed by atoms with Gasteiger partial charge in [-0.25, -0.2) is 21.9 Å². The van der Waals surface area contributed by atoms with Crippen LogP contribution in [0.25, 0.3) is 0 Å². The van der Waals surface area contributed by atoms with Gasteiger partial charge in [-0.15, -0.1) is 0 Å². The maximum atomic E-state index is 2.52. The topological polar surface area (TPSA) is 36.5 Å². The lowest BCUT2D eigenvalue weighted by Crippen LogP contribution is -2.80. The summed E-state index contributed by atoms with van der Waals surface area (Å²) >= 11 is 0. The first-order valence-electron chi connectivity index (χ1n) is 32.0. The van der Waals surface area contributed by atoms with Crippen molar-refractivity contribution in [2.75, 3.05) is 28.2 Å². The molecule has 0 amide bonds. The van der Waals surface area contributed by atoms with Gasteiger partial charge in [0.1, 0.15) is 0 Å². The van der Waals surface area contributed by atoms with E-state index < -0.39 is 27.4 Å². The predicted octanol–water partition coefficient (Wildman–Crippen LogP) is 18.0. The molecule has 0 fully saturated rings. The summed E-state index contributed by atoms with van der Waals surface area (Å²) in [5.74, 6) is 0. The van der Waals surface area contributed by atoms with Crippen molar-refractivity contribution in [2.45, 2.75) is 207 Å². The van der Waals surface area contributed by atoms with Crippen LogP contribution in [0.5, 0.6) is 0 Å². The minimum atomic E-state index is -1.99. The molecular formula is C72H116B2N2Si2. The largest absolute Gasteiger partial charge is 0.369 e. The maximum absolute atomic E-state index is 2.52. The molecule has 78 heavy (non-hydrogen) atoms. The van der Waals surface area contributed by atoms with Gasteiger partial charge in [0.05, 0.1) is 39.7 Å². The van der Waals surface area contributed by atoms with Crippen molar-refractivity contribution in [3.05, 3.63) is 182 Å². The molecule has 0 saturated carbocycles. The van der Waals surface area contributed by atoms with Gasteiger partial charge in [0.25, 0.3) is 0 Å². The molecule has 0 unspecified atom stereocenters. The van der Waals surface area contributed by atoms with Gasteiger partial charge in [-0.1, -0.05) is 386 Å². The van der Waals surface area contributed by atoms with Gasteiger partial charge in [-0.05, 0) is 15.9 Å². The summed E-state index contributed by atoms with van der Waals surface area (Å²) in [5.41, 5.74) is 4.73. The molecule has 0 heterocycles. The van der Waals surface area contributed by atoms with Crippen LogP contribution in [-0.2, 0) is 0 Å². The molecule has 0 spiro atoms.